The fraction of sp³-hybridized carbons (Fsp3) is 0.409. The molecule has 28 heavy (non-hydrogen) atoms. The highest BCUT2D eigenvalue weighted by molar-refractivity contribution is 5.93. The quantitative estimate of drug-likeness (QED) is 0.706. The van der Waals surface area contributed by atoms with Crippen LogP contribution in [0.3, 0.4) is 0 Å². The maximum absolute atomic E-state index is 12.9. The molecule has 1 aromatic carbocycles. The number of hydrogen-bond donors (Lipinski definition) is 2. The molecule has 0 saturated carbocycles. The van der Waals surface area contributed by atoms with Crippen molar-refractivity contribution >= 4 is 22.6 Å². The molecule has 1 amide bonds. The summed E-state index contributed by atoms with van der Waals surface area (Å²) in [5, 5.41) is 4.61. The Labute approximate surface area is 165 Å². The number of benzene rings is 1. The van der Waals surface area contributed by atoms with Crippen LogP contribution in [0.4, 0.5) is 5.82 Å². The predicted molar refractivity (Wildman–Crippen MR) is 112 cm³/mol. The Morgan fingerprint density at radius 3 is 2.75 bits per heavy atom. The summed E-state index contributed by atoms with van der Waals surface area (Å²) in [4.78, 5) is 27.0. The van der Waals surface area contributed by atoms with Crippen molar-refractivity contribution in [2.45, 2.75) is 39.0 Å². The first-order valence-electron chi connectivity index (χ1n) is 10.1. The van der Waals surface area contributed by atoms with E-state index in [4.69, 9.17) is 0 Å². The number of hydrogen-bond acceptors (Lipinski definition) is 4. The summed E-state index contributed by atoms with van der Waals surface area (Å²) in [5.41, 5.74) is 2.92. The molecule has 2 aromatic heterocycles. The van der Waals surface area contributed by atoms with Gasteiger partial charge in [-0.25, -0.2) is 9.97 Å². The number of carbonyl (C=O) groups is 1. The molecule has 0 unspecified atom stereocenters. The number of anilines is 1. The molecule has 1 fully saturated rings. The van der Waals surface area contributed by atoms with Gasteiger partial charge in [0.25, 0.3) is 5.91 Å². The van der Waals surface area contributed by atoms with Crippen LogP contribution in [-0.4, -0.2) is 45.4 Å². The van der Waals surface area contributed by atoms with Gasteiger partial charge in [-0.2, -0.15) is 0 Å². The van der Waals surface area contributed by atoms with Crippen LogP contribution in [0.5, 0.6) is 0 Å². The second-order valence-corrected chi connectivity index (χ2v) is 7.43. The van der Waals surface area contributed by atoms with Gasteiger partial charge in [0.15, 0.2) is 0 Å². The minimum Gasteiger partial charge on any atom is -0.370 e. The third-order valence-electron chi connectivity index (χ3n) is 5.33. The molecular weight excluding hydrogens is 350 g/mol. The Morgan fingerprint density at radius 2 is 1.93 bits per heavy atom. The summed E-state index contributed by atoms with van der Waals surface area (Å²) in [6, 6.07) is 10.1. The Hall–Kier alpha value is -2.89. The van der Waals surface area contributed by atoms with Crippen LogP contribution in [0.2, 0.25) is 0 Å². The zero-order valence-electron chi connectivity index (χ0n) is 16.4. The number of aromatic amines is 1. The van der Waals surface area contributed by atoms with Crippen molar-refractivity contribution in [2.75, 3.05) is 25.0 Å². The number of carbonyl (C=O) groups excluding carboxylic acids is 1. The molecule has 6 nitrogen and oxygen atoms in total. The van der Waals surface area contributed by atoms with Crippen molar-refractivity contribution in [3.05, 3.63) is 53.6 Å². The minimum absolute atomic E-state index is 0.0204. The van der Waals surface area contributed by atoms with Gasteiger partial charge in [0.05, 0.1) is 0 Å². The van der Waals surface area contributed by atoms with Crippen LogP contribution >= 0.6 is 0 Å². The number of aryl methyl sites for hydroxylation is 1. The van der Waals surface area contributed by atoms with Crippen molar-refractivity contribution < 1.29 is 4.79 Å². The second-order valence-electron chi connectivity index (χ2n) is 7.43. The van der Waals surface area contributed by atoms with E-state index in [0.29, 0.717) is 17.3 Å². The van der Waals surface area contributed by atoms with Gasteiger partial charge < -0.3 is 15.2 Å². The van der Waals surface area contributed by atoms with E-state index in [1.807, 2.05) is 17.9 Å². The Bertz CT molecular complexity index is 956. The number of aromatic nitrogens is 3. The van der Waals surface area contributed by atoms with E-state index in [9.17, 15) is 4.79 Å². The van der Waals surface area contributed by atoms with Gasteiger partial charge in [0, 0.05) is 42.8 Å². The minimum atomic E-state index is 0.0204. The molecule has 0 aliphatic carbocycles. The molecule has 2 N–H and O–H groups in total. The number of para-hydroxylation sites is 1. The first-order valence-corrected chi connectivity index (χ1v) is 10.1. The Kier molecular flexibility index (Phi) is 5.55. The molecule has 0 atom stereocenters. The summed E-state index contributed by atoms with van der Waals surface area (Å²) in [5.74, 6) is 1.35. The highest BCUT2D eigenvalue weighted by Crippen LogP contribution is 2.19. The second kappa shape index (κ2) is 8.42. The van der Waals surface area contributed by atoms with Gasteiger partial charge >= 0.3 is 0 Å². The van der Waals surface area contributed by atoms with Crippen LogP contribution in [0.15, 0.2) is 36.5 Å². The molecule has 146 valence electrons. The molecule has 0 radical (unpaired) electrons. The van der Waals surface area contributed by atoms with Gasteiger partial charge in [-0.15, -0.1) is 0 Å². The first kappa shape index (κ1) is 18.5. The smallest absolute Gasteiger partial charge is 0.272 e. The molecular formula is C22H27N5O. The van der Waals surface area contributed by atoms with Crippen LogP contribution in [0.1, 0.15) is 47.6 Å². The standard InChI is InChI=1S/C22H27N5O/c1-16-25-20(22(28)27-12-6-2-3-7-13-27)14-21(26-16)23-11-10-17-15-24-19-9-5-4-8-18(17)19/h4-5,8-9,14-15,24H,2-3,6-7,10-13H2,1H3,(H,23,25,26). The number of likely N-dealkylation sites (tertiary alicyclic amines) is 1. The fourth-order valence-corrected chi connectivity index (χ4v) is 3.87. The van der Waals surface area contributed by atoms with E-state index in [-0.39, 0.29) is 5.91 Å². The van der Waals surface area contributed by atoms with Crippen molar-refractivity contribution in [2.24, 2.45) is 0 Å². The van der Waals surface area contributed by atoms with Gasteiger partial charge in [0.1, 0.15) is 17.3 Å². The highest BCUT2D eigenvalue weighted by atomic mass is 16.2. The summed E-state index contributed by atoms with van der Waals surface area (Å²) in [7, 11) is 0. The lowest BCUT2D eigenvalue weighted by Gasteiger charge is -2.20. The normalized spacial score (nSPS) is 14.8. The van der Waals surface area contributed by atoms with Gasteiger partial charge in [0.2, 0.25) is 0 Å². The summed E-state index contributed by atoms with van der Waals surface area (Å²) in [6.45, 7) is 4.23. The SMILES string of the molecule is Cc1nc(NCCc2c[nH]c3ccccc23)cc(C(=O)N2CCCCCC2)n1. The number of rotatable bonds is 5. The van der Waals surface area contributed by atoms with Crippen LogP contribution in [0, 0.1) is 6.92 Å². The maximum atomic E-state index is 12.9. The lowest BCUT2D eigenvalue weighted by atomic mass is 10.1. The molecule has 0 spiro atoms. The van der Waals surface area contributed by atoms with E-state index in [1.165, 1.54) is 23.8 Å². The number of H-pyrrole nitrogens is 1. The van der Waals surface area contributed by atoms with Crippen molar-refractivity contribution in [1.82, 2.24) is 19.9 Å². The first-order chi connectivity index (χ1) is 13.7. The summed E-state index contributed by atoms with van der Waals surface area (Å²) >= 11 is 0. The van der Waals surface area contributed by atoms with E-state index in [2.05, 4.69) is 44.7 Å². The van der Waals surface area contributed by atoms with Crippen molar-refractivity contribution in [3.63, 3.8) is 0 Å². The zero-order chi connectivity index (χ0) is 19.3. The topological polar surface area (TPSA) is 73.9 Å². The van der Waals surface area contributed by atoms with Crippen LogP contribution in [-0.2, 0) is 6.42 Å². The third-order valence-corrected chi connectivity index (χ3v) is 5.33. The molecule has 1 saturated heterocycles. The molecule has 1 aliphatic heterocycles. The molecule has 4 rings (SSSR count). The molecule has 0 bridgehead atoms. The Morgan fingerprint density at radius 1 is 1.14 bits per heavy atom. The zero-order valence-corrected chi connectivity index (χ0v) is 16.4. The van der Waals surface area contributed by atoms with Crippen LogP contribution in [0.25, 0.3) is 10.9 Å². The van der Waals surface area contributed by atoms with E-state index in [0.717, 1.165) is 44.4 Å². The van der Waals surface area contributed by atoms with E-state index < -0.39 is 0 Å². The number of nitrogens with zero attached hydrogens (tertiary/aromatic N) is 3. The van der Waals surface area contributed by atoms with Gasteiger partial charge in [-0.3, -0.25) is 4.79 Å². The largest absolute Gasteiger partial charge is 0.370 e. The molecule has 3 heterocycles. The van der Waals surface area contributed by atoms with Crippen molar-refractivity contribution in [1.29, 1.82) is 0 Å². The van der Waals surface area contributed by atoms with E-state index in [1.54, 1.807) is 6.07 Å². The Balaban J connectivity index is 1.42. The van der Waals surface area contributed by atoms with Gasteiger partial charge in [-0.05, 0) is 37.8 Å². The predicted octanol–water partition coefficient (Wildman–Crippen LogP) is 3.94. The van der Waals surface area contributed by atoms with Crippen LogP contribution < -0.4 is 5.32 Å². The lowest BCUT2D eigenvalue weighted by molar-refractivity contribution is 0.0755. The fourth-order valence-electron chi connectivity index (χ4n) is 3.87. The summed E-state index contributed by atoms with van der Waals surface area (Å²) in [6.07, 6.45) is 7.49. The third kappa shape index (κ3) is 4.16. The lowest BCUT2D eigenvalue weighted by Crippen LogP contribution is -2.32. The number of nitrogens with one attached hydrogen (secondary N) is 2. The highest BCUT2D eigenvalue weighted by Gasteiger charge is 2.19. The number of amides is 1. The van der Waals surface area contributed by atoms with Crippen molar-refractivity contribution in [3.8, 4) is 0 Å². The average Bonchev–Trinajstić information content (AvgIpc) is 2.92. The maximum Gasteiger partial charge on any atom is 0.272 e. The van der Waals surface area contributed by atoms with E-state index >= 15 is 0 Å². The summed E-state index contributed by atoms with van der Waals surface area (Å²) < 4.78 is 0. The number of fused-ring (bicyclic) bond motifs is 1. The molecule has 3 aromatic rings. The van der Waals surface area contributed by atoms with Gasteiger partial charge in [-0.1, -0.05) is 31.0 Å². The molecule has 1 aliphatic rings. The monoisotopic (exact) mass is 377 g/mol. The average molecular weight is 377 g/mol. The molecule has 6 heteroatoms.